The van der Waals surface area contributed by atoms with Gasteiger partial charge in [0.2, 0.25) is 12.2 Å². The minimum atomic E-state index is -0.111. The van der Waals surface area contributed by atoms with Crippen LogP contribution in [-0.4, -0.2) is 20.8 Å². The zero-order chi connectivity index (χ0) is 22.3. The van der Waals surface area contributed by atoms with Crippen molar-refractivity contribution in [3.8, 4) is 0 Å². The number of nitrogens with zero attached hydrogens (tertiary/aromatic N) is 3. The third-order valence-electron chi connectivity index (χ3n) is 4.80. The number of fused-ring (bicyclic) bond motifs is 2. The summed E-state index contributed by atoms with van der Waals surface area (Å²) < 4.78 is 1.46. The Morgan fingerprint density at radius 3 is 2.34 bits per heavy atom. The number of carbonyl (C=O) groups excluding carboxylic acids is 1. The Hall–Kier alpha value is -4.52. The van der Waals surface area contributed by atoms with Gasteiger partial charge in [0, 0.05) is 17.6 Å². The van der Waals surface area contributed by atoms with Gasteiger partial charge in [0.1, 0.15) is 5.82 Å². The molecular formula is C25H21N5O2. The highest BCUT2D eigenvalue weighted by molar-refractivity contribution is 5.79. The second-order valence-electron chi connectivity index (χ2n) is 6.99. The number of hydrogen-bond donors (Lipinski definition) is 2. The Balaban J connectivity index is 0.000000230. The lowest BCUT2D eigenvalue weighted by Gasteiger charge is -2.09. The molecule has 7 nitrogen and oxygen atoms in total. The number of carbonyl (C=O) groups is 1. The van der Waals surface area contributed by atoms with Crippen molar-refractivity contribution in [1.82, 2.24) is 14.4 Å². The smallest absolute Gasteiger partial charge is 0.266 e. The zero-order valence-electron chi connectivity index (χ0n) is 17.4. The van der Waals surface area contributed by atoms with Crippen LogP contribution in [0.1, 0.15) is 5.56 Å². The quantitative estimate of drug-likeness (QED) is 0.327. The predicted molar refractivity (Wildman–Crippen MR) is 127 cm³/mol. The number of benzene rings is 3. The summed E-state index contributed by atoms with van der Waals surface area (Å²) >= 11 is 0. The topological polar surface area (TPSA) is 88.4 Å². The number of aryl methyl sites for hydroxylation is 1. The van der Waals surface area contributed by atoms with Crippen LogP contribution < -0.4 is 16.2 Å². The van der Waals surface area contributed by atoms with Gasteiger partial charge in [-0.3, -0.25) is 14.0 Å². The van der Waals surface area contributed by atoms with E-state index >= 15 is 0 Å². The number of rotatable bonds is 4. The normalized spacial score (nSPS) is 10.3. The first-order valence-electron chi connectivity index (χ1n) is 10.0. The second kappa shape index (κ2) is 9.53. The van der Waals surface area contributed by atoms with Gasteiger partial charge in [0.25, 0.3) is 5.56 Å². The maximum absolute atomic E-state index is 12.5. The van der Waals surface area contributed by atoms with E-state index in [0.717, 1.165) is 16.9 Å². The minimum Gasteiger partial charge on any atom is -0.340 e. The molecule has 2 aromatic heterocycles. The van der Waals surface area contributed by atoms with Crippen molar-refractivity contribution in [3.63, 3.8) is 0 Å². The largest absolute Gasteiger partial charge is 0.340 e. The highest BCUT2D eigenvalue weighted by atomic mass is 16.1. The predicted octanol–water partition coefficient (Wildman–Crippen LogP) is 4.55. The average molecular weight is 423 g/mol. The zero-order valence-corrected chi connectivity index (χ0v) is 17.4. The van der Waals surface area contributed by atoms with Crippen LogP contribution in [0.4, 0.5) is 17.2 Å². The summed E-state index contributed by atoms with van der Waals surface area (Å²) in [7, 11) is 0. The Morgan fingerprint density at radius 2 is 1.56 bits per heavy atom. The molecule has 0 radical (unpaired) electrons. The molecule has 3 aromatic carbocycles. The summed E-state index contributed by atoms with van der Waals surface area (Å²) in [5.74, 6) is 1.04. The van der Waals surface area contributed by atoms with Crippen LogP contribution in [-0.2, 0) is 4.79 Å². The lowest BCUT2D eigenvalue weighted by atomic mass is 10.2. The first-order valence-corrected chi connectivity index (χ1v) is 10.0. The van der Waals surface area contributed by atoms with Gasteiger partial charge >= 0.3 is 0 Å². The number of para-hydroxylation sites is 3. The maximum Gasteiger partial charge on any atom is 0.266 e. The summed E-state index contributed by atoms with van der Waals surface area (Å²) in [6.07, 6.45) is 2.36. The number of aromatic nitrogens is 3. The molecule has 0 aliphatic rings. The molecular weight excluding hydrogens is 402 g/mol. The highest BCUT2D eigenvalue weighted by Crippen LogP contribution is 2.18. The van der Waals surface area contributed by atoms with E-state index in [2.05, 4.69) is 20.6 Å². The minimum absolute atomic E-state index is 0.111. The van der Waals surface area contributed by atoms with E-state index in [9.17, 15) is 9.59 Å². The van der Waals surface area contributed by atoms with E-state index in [1.807, 2.05) is 79.7 Å². The van der Waals surface area contributed by atoms with Crippen molar-refractivity contribution in [3.05, 3.63) is 107 Å². The van der Waals surface area contributed by atoms with Gasteiger partial charge in [-0.15, -0.1) is 0 Å². The fraction of sp³-hybridized carbons (Fsp3) is 0.0400. The van der Waals surface area contributed by atoms with Crippen LogP contribution in [0.5, 0.6) is 0 Å². The fourth-order valence-corrected chi connectivity index (χ4v) is 3.16. The first kappa shape index (κ1) is 20.7. The van der Waals surface area contributed by atoms with Crippen LogP contribution in [0.3, 0.4) is 0 Å². The second-order valence-corrected chi connectivity index (χ2v) is 6.99. The third kappa shape index (κ3) is 4.62. The van der Waals surface area contributed by atoms with Crippen molar-refractivity contribution in [1.29, 1.82) is 0 Å². The van der Waals surface area contributed by atoms with E-state index in [1.165, 1.54) is 4.40 Å². The van der Waals surface area contributed by atoms with Crippen LogP contribution in [0.25, 0.3) is 16.7 Å². The molecule has 5 aromatic rings. The van der Waals surface area contributed by atoms with Crippen LogP contribution in [0, 0.1) is 6.92 Å². The van der Waals surface area contributed by atoms with E-state index < -0.39 is 0 Å². The number of nitrogens with one attached hydrogen (secondary N) is 2. The van der Waals surface area contributed by atoms with Crippen molar-refractivity contribution < 1.29 is 4.79 Å². The SMILES string of the molecule is Cc1ccccc1Nc1ccn2c(=O)c3ccccc3nc2n1.O=CNc1ccccc1. The van der Waals surface area contributed by atoms with Gasteiger partial charge in [0.15, 0.2) is 0 Å². The number of anilines is 3. The lowest BCUT2D eigenvalue weighted by Crippen LogP contribution is -2.16. The number of hydrogen-bond acceptors (Lipinski definition) is 5. The molecule has 7 heteroatoms. The summed E-state index contributed by atoms with van der Waals surface area (Å²) in [4.78, 5) is 31.3. The number of amides is 1. The van der Waals surface area contributed by atoms with E-state index in [-0.39, 0.29) is 5.56 Å². The van der Waals surface area contributed by atoms with Gasteiger partial charge in [-0.25, -0.2) is 4.98 Å². The van der Waals surface area contributed by atoms with Gasteiger partial charge in [-0.2, -0.15) is 4.98 Å². The molecule has 1 amide bonds. The third-order valence-corrected chi connectivity index (χ3v) is 4.80. The van der Waals surface area contributed by atoms with E-state index in [4.69, 9.17) is 0 Å². The fourth-order valence-electron chi connectivity index (χ4n) is 3.16. The monoisotopic (exact) mass is 423 g/mol. The Labute approximate surface area is 184 Å². The molecule has 0 atom stereocenters. The summed E-state index contributed by atoms with van der Waals surface area (Å²) in [5, 5.41) is 6.38. The molecule has 0 bridgehead atoms. The maximum atomic E-state index is 12.5. The van der Waals surface area contributed by atoms with Crippen LogP contribution in [0.15, 0.2) is 95.9 Å². The Bertz CT molecular complexity index is 1430. The molecule has 0 fully saturated rings. The van der Waals surface area contributed by atoms with E-state index in [1.54, 1.807) is 18.3 Å². The first-order chi connectivity index (χ1) is 15.7. The van der Waals surface area contributed by atoms with Gasteiger partial charge in [-0.05, 0) is 48.9 Å². The average Bonchev–Trinajstić information content (AvgIpc) is 2.82. The molecule has 0 saturated heterocycles. The van der Waals surface area contributed by atoms with Gasteiger partial charge in [-0.1, -0.05) is 48.5 Å². The standard InChI is InChI=1S/C18H14N4O.C7H7NO/c1-12-6-2-4-8-14(12)19-16-10-11-22-17(23)13-7-3-5-9-15(13)20-18(22)21-16;9-6-8-7-4-2-1-3-5-7/h2-11H,1H3,(H,19,20,21);1-6H,(H,8,9). The molecule has 32 heavy (non-hydrogen) atoms. The molecule has 0 aliphatic carbocycles. The Morgan fingerprint density at radius 1 is 0.844 bits per heavy atom. The summed E-state index contributed by atoms with van der Waals surface area (Å²) in [6, 6.07) is 26.3. The lowest BCUT2D eigenvalue weighted by molar-refractivity contribution is -0.105. The summed E-state index contributed by atoms with van der Waals surface area (Å²) in [6.45, 7) is 2.03. The van der Waals surface area contributed by atoms with Gasteiger partial charge in [0.05, 0.1) is 10.9 Å². The molecule has 0 spiro atoms. The summed E-state index contributed by atoms with van der Waals surface area (Å²) in [5.41, 5.74) is 3.47. The van der Waals surface area contributed by atoms with Crippen molar-refractivity contribution in [2.24, 2.45) is 0 Å². The molecule has 2 N–H and O–H groups in total. The van der Waals surface area contributed by atoms with Crippen molar-refractivity contribution >= 4 is 40.3 Å². The molecule has 2 heterocycles. The molecule has 5 rings (SSSR count). The molecule has 0 aliphatic heterocycles. The van der Waals surface area contributed by atoms with Gasteiger partial charge < -0.3 is 10.6 Å². The molecule has 0 saturated carbocycles. The van der Waals surface area contributed by atoms with E-state index in [0.29, 0.717) is 28.9 Å². The van der Waals surface area contributed by atoms with Crippen molar-refractivity contribution in [2.75, 3.05) is 10.6 Å². The van der Waals surface area contributed by atoms with Crippen LogP contribution >= 0.6 is 0 Å². The molecule has 0 unspecified atom stereocenters. The Kier molecular flexibility index (Phi) is 6.17. The van der Waals surface area contributed by atoms with Crippen molar-refractivity contribution in [2.45, 2.75) is 6.92 Å². The molecule has 158 valence electrons. The van der Waals surface area contributed by atoms with Crippen LogP contribution in [0.2, 0.25) is 0 Å². The highest BCUT2D eigenvalue weighted by Gasteiger charge is 2.07.